The van der Waals surface area contributed by atoms with E-state index >= 15 is 0 Å². The van der Waals surface area contributed by atoms with Crippen LogP contribution in [0.25, 0.3) is 0 Å². The van der Waals surface area contributed by atoms with Crippen molar-refractivity contribution in [1.82, 2.24) is 0 Å². The summed E-state index contributed by atoms with van der Waals surface area (Å²) in [5.41, 5.74) is 0. The molecule has 0 aromatic heterocycles. The second-order valence-electron chi connectivity index (χ2n) is 0. The van der Waals surface area contributed by atoms with E-state index in [0.717, 1.165) is 0 Å². The third-order valence-corrected chi connectivity index (χ3v) is 0. The van der Waals surface area contributed by atoms with E-state index in [4.69, 9.17) is 0 Å². The molecule has 0 heterocycles. The van der Waals surface area contributed by atoms with Gasteiger partial charge in [0.15, 0.2) is 0 Å². The van der Waals surface area contributed by atoms with Gasteiger partial charge in [-0.1, -0.05) is 0 Å². The largest absolute Gasteiger partial charge is 3.00 e. The average molecular weight is 263 g/mol. The summed E-state index contributed by atoms with van der Waals surface area (Å²) in [5.74, 6) is 0. The van der Waals surface area contributed by atoms with Crippen molar-refractivity contribution >= 4 is 51.7 Å². The van der Waals surface area contributed by atoms with Gasteiger partial charge < -0.3 is 11.0 Å². The molecule has 0 saturated carbocycles. The minimum absolute atomic E-state index is 0. The molecule has 16 valence electrons. The number of hydrogen-bond acceptors (Lipinski definition) is 1. The summed E-state index contributed by atoms with van der Waals surface area (Å²) in [4.78, 5) is 0. The molecule has 4 heavy (non-hydrogen) atoms. The van der Waals surface area contributed by atoms with E-state index in [9.17, 15) is 0 Å². The molecule has 0 aromatic carbocycles. The summed E-state index contributed by atoms with van der Waals surface area (Å²) in [6.07, 6.45) is 0. The molecular weight excluding hydrogens is 262 g/mol. The molecule has 0 fully saturated rings. The number of hydrogen-bond donors (Lipinski definition) is 0. The minimum atomic E-state index is 0. The van der Waals surface area contributed by atoms with Crippen molar-refractivity contribution in [1.29, 1.82) is 0 Å². The van der Waals surface area contributed by atoms with Gasteiger partial charge in [0.25, 0.3) is 0 Å². The van der Waals surface area contributed by atoms with Crippen LogP contribution in [0.15, 0.2) is 0 Å². The fourth-order valence-electron chi connectivity index (χ4n) is 0. The van der Waals surface area contributed by atoms with Crippen molar-refractivity contribution in [2.45, 2.75) is 0 Å². The van der Waals surface area contributed by atoms with Crippen LogP contribution in [-0.4, -0.2) is 57.2 Å². The Bertz CT molecular complexity index is 4.00. The maximum Gasteiger partial charge on any atom is 3.00 e. The molecule has 0 unspecified atom stereocenters. The van der Waals surface area contributed by atoms with Crippen LogP contribution in [0.2, 0.25) is 0 Å². The molecule has 0 radical (unpaired) electrons. The summed E-state index contributed by atoms with van der Waals surface area (Å²) >= 11 is 0. The molecule has 0 atom stereocenters. The van der Waals surface area contributed by atoms with Crippen molar-refractivity contribution < 1.29 is 11.0 Å². The molecular formula is HIn2O2+3. The summed E-state index contributed by atoms with van der Waals surface area (Å²) in [6.45, 7) is 0. The van der Waals surface area contributed by atoms with Crippen LogP contribution < -0.4 is 0 Å². The second kappa shape index (κ2) is 22.7. The van der Waals surface area contributed by atoms with Crippen molar-refractivity contribution in [2.75, 3.05) is 0 Å². The van der Waals surface area contributed by atoms with Crippen LogP contribution in [0.5, 0.6) is 0 Å². The SMILES string of the molecule is [In+3].[In+3].[O-2].[OH-]. The summed E-state index contributed by atoms with van der Waals surface area (Å²) in [6, 6.07) is 0. The monoisotopic (exact) mass is 263 g/mol. The van der Waals surface area contributed by atoms with Gasteiger partial charge in [-0.05, 0) is 0 Å². The van der Waals surface area contributed by atoms with Gasteiger partial charge in [0.1, 0.15) is 0 Å². The van der Waals surface area contributed by atoms with E-state index in [0.29, 0.717) is 0 Å². The Hall–Kier alpha value is 1.66. The molecule has 0 rings (SSSR count). The van der Waals surface area contributed by atoms with Gasteiger partial charge in [0.05, 0.1) is 0 Å². The van der Waals surface area contributed by atoms with Crippen molar-refractivity contribution in [3.8, 4) is 0 Å². The van der Waals surface area contributed by atoms with Crippen LogP contribution in [0.1, 0.15) is 0 Å². The molecule has 0 amide bonds. The Morgan fingerprint density at radius 1 is 0.750 bits per heavy atom. The average Bonchev–Trinajstić information content (AvgIpc) is 0. The minimum Gasteiger partial charge on any atom is -2.00 e. The van der Waals surface area contributed by atoms with Gasteiger partial charge in [-0.3, -0.25) is 0 Å². The van der Waals surface area contributed by atoms with E-state index in [-0.39, 0.29) is 62.6 Å². The quantitative estimate of drug-likeness (QED) is 0.549. The van der Waals surface area contributed by atoms with Gasteiger partial charge >= 0.3 is 51.7 Å². The van der Waals surface area contributed by atoms with Gasteiger partial charge in [0.2, 0.25) is 0 Å². The third-order valence-electron chi connectivity index (χ3n) is 0. The fourth-order valence-corrected chi connectivity index (χ4v) is 0. The molecule has 0 aliphatic rings. The molecule has 0 aliphatic carbocycles. The Morgan fingerprint density at radius 3 is 0.750 bits per heavy atom. The first-order chi connectivity index (χ1) is 0. The van der Waals surface area contributed by atoms with Crippen LogP contribution in [-0.2, 0) is 5.48 Å². The molecule has 2 nitrogen and oxygen atoms in total. The summed E-state index contributed by atoms with van der Waals surface area (Å²) in [7, 11) is 0. The van der Waals surface area contributed by atoms with Gasteiger partial charge in [-0.2, -0.15) is 0 Å². The van der Waals surface area contributed by atoms with Crippen LogP contribution in [0.4, 0.5) is 0 Å². The number of rotatable bonds is 0. The zero-order chi connectivity index (χ0) is 0. The molecule has 0 aromatic rings. The third kappa shape index (κ3) is 9.40. The van der Waals surface area contributed by atoms with Crippen LogP contribution in [0, 0.1) is 0 Å². The smallest absolute Gasteiger partial charge is 2.00 e. The fraction of sp³-hybridized carbons (Fsp3) is 0. The first-order valence-corrected chi connectivity index (χ1v) is 0. The van der Waals surface area contributed by atoms with Crippen LogP contribution >= 0.6 is 0 Å². The van der Waals surface area contributed by atoms with E-state index < -0.39 is 0 Å². The molecule has 0 bridgehead atoms. The molecule has 0 spiro atoms. The molecule has 0 saturated heterocycles. The van der Waals surface area contributed by atoms with Crippen molar-refractivity contribution in [3.63, 3.8) is 0 Å². The topological polar surface area (TPSA) is 58.5 Å². The maximum atomic E-state index is 0. The molecule has 1 N–H and O–H groups in total. The van der Waals surface area contributed by atoms with E-state index in [1.165, 1.54) is 0 Å². The first kappa shape index (κ1) is 44.6. The predicted molar refractivity (Wildman–Crippen MR) is 14.1 cm³/mol. The first-order valence-electron chi connectivity index (χ1n) is 0. The Labute approximate surface area is 62.1 Å². The van der Waals surface area contributed by atoms with E-state index in [2.05, 4.69) is 0 Å². The van der Waals surface area contributed by atoms with Crippen LogP contribution in [0.3, 0.4) is 0 Å². The zero-order valence-electron chi connectivity index (χ0n) is 2.01. The van der Waals surface area contributed by atoms with Crippen molar-refractivity contribution in [3.05, 3.63) is 0 Å². The Morgan fingerprint density at radius 2 is 0.750 bits per heavy atom. The van der Waals surface area contributed by atoms with E-state index in [1.807, 2.05) is 0 Å². The van der Waals surface area contributed by atoms with Gasteiger partial charge in [-0.25, -0.2) is 0 Å². The van der Waals surface area contributed by atoms with Gasteiger partial charge in [0, 0.05) is 0 Å². The molecule has 4 heteroatoms. The summed E-state index contributed by atoms with van der Waals surface area (Å²) < 4.78 is 0. The van der Waals surface area contributed by atoms with E-state index in [1.54, 1.807) is 0 Å². The Kier molecular flexibility index (Phi) is 253. The zero-order valence-corrected chi connectivity index (χ0v) is 8.60. The maximum absolute atomic E-state index is 0. The normalized spacial score (nSPS) is 0. The predicted octanol–water partition coefficient (Wildman–Crippen LogP) is -1.06. The summed E-state index contributed by atoms with van der Waals surface area (Å²) in [5, 5.41) is 0. The van der Waals surface area contributed by atoms with Crippen molar-refractivity contribution in [2.24, 2.45) is 0 Å². The molecule has 0 aliphatic heterocycles. The second-order valence-corrected chi connectivity index (χ2v) is 0. The Balaban J connectivity index is 0. The van der Waals surface area contributed by atoms with Gasteiger partial charge in [-0.15, -0.1) is 0 Å². The standard InChI is InChI=1S/2In.H2O.O/h;;1H2;/q2*+3;;-2/p-1.